The van der Waals surface area contributed by atoms with Crippen LogP contribution in [0.25, 0.3) is 0 Å². The number of hydrogen-bond donors (Lipinski definition) is 1. The lowest BCUT2D eigenvalue weighted by Gasteiger charge is -2.44. The molecule has 2 aliphatic carbocycles. The van der Waals surface area contributed by atoms with Gasteiger partial charge in [-0.15, -0.1) is 5.73 Å². The van der Waals surface area contributed by atoms with Crippen molar-refractivity contribution >= 4 is 11.6 Å². The second-order valence-electron chi connectivity index (χ2n) is 15.6. The molecular weight excluding hydrogens is 556 g/mol. The third-order valence-corrected chi connectivity index (χ3v) is 9.85. The van der Waals surface area contributed by atoms with Crippen molar-refractivity contribution in [3.8, 4) is 0 Å². The topological polar surface area (TPSA) is 66.9 Å². The van der Waals surface area contributed by atoms with Gasteiger partial charge < -0.3 is 9.84 Å². The molecule has 244 valence electrons. The van der Waals surface area contributed by atoms with Crippen LogP contribution in [0.5, 0.6) is 0 Å². The minimum atomic E-state index is -0.818. The van der Waals surface area contributed by atoms with Gasteiger partial charge in [-0.2, -0.15) is 0 Å². The summed E-state index contributed by atoms with van der Waals surface area (Å²) >= 11 is 0. The van der Waals surface area contributed by atoms with Crippen molar-refractivity contribution < 1.29 is 19.4 Å². The first-order valence-corrected chi connectivity index (χ1v) is 16.4. The molecule has 0 bridgehead atoms. The van der Waals surface area contributed by atoms with Gasteiger partial charge in [-0.05, 0) is 82.9 Å². The van der Waals surface area contributed by atoms with E-state index in [0.29, 0.717) is 30.8 Å². The predicted molar refractivity (Wildman–Crippen MR) is 187 cm³/mol. The smallest absolute Gasteiger partial charge is 0.161 e. The van der Waals surface area contributed by atoms with E-state index < -0.39 is 16.8 Å². The van der Waals surface area contributed by atoms with Gasteiger partial charge in [0, 0.05) is 30.3 Å². The zero-order chi connectivity index (χ0) is 33.8. The predicted octanol–water partition coefficient (Wildman–Crippen LogP) is 9.60. The Balaban J connectivity index is 1.53. The fourth-order valence-corrected chi connectivity index (χ4v) is 7.75. The van der Waals surface area contributed by atoms with Gasteiger partial charge >= 0.3 is 0 Å². The Morgan fingerprint density at radius 1 is 0.844 bits per heavy atom. The van der Waals surface area contributed by atoms with Gasteiger partial charge in [-0.25, -0.2) is 0 Å². The highest BCUT2D eigenvalue weighted by Gasteiger charge is 2.76. The molecule has 2 saturated carbocycles. The first-order valence-electron chi connectivity index (χ1n) is 16.4. The molecule has 3 fully saturated rings. The van der Waals surface area contributed by atoms with Gasteiger partial charge in [-0.3, -0.25) is 9.59 Å². The number of rotatable bonds is 10. The van der Waals surface area contributed by atoms with E-state index >= 15 is 0 Å². The maximum atomic E-state index is 13.0. The summed E-state index contributed by atoms with van der Waals surface area (Å²) in [5, 5.41) is 11.0. The Morgan fingerprint density at radius 2 is 1.40 bits per heavy atom. The highest BCUT2D eigenvalue weighted by molar-refractivity contribution is 5.97. The zero-order valence-corrected chi connectivity index (χ0v) is 29.6. The summed E-state index contributed by atoms with van der Waals surface area (Å²) in [6.07, 6.45) is 25.0. The zero-order valence-electron chi connectivity index (χ0n) is 29.6. The molecule has 0 aromatic carbocycles. The monoisotopic (exact) mass is 612 g/mol. The van der Waals surface area contributed by atoms with Gasteiger partial charge in [0.15, 0.2) is 5.78 Å². The minimum absolute atomic E-state index is 0.0649. The van der Waals surface area contributed by atoms with Crippen LogP contribution in [0.3, 0.4) is 0 Å². The van der Waals surface area contributed by atoms with Crippen molar-refractivity contribution in [3.05, 3.63) is 100 Å². The van der Waals surface area contributed by atoms with Crippen LogP contribution in [0.4, 0.5) is 0 Å². The van der Waals surface area contributed by atoms with Crippen LogP contribution in [0.1, 0.15) is 108 Å². The van der Waals surface area contributed by atoms with Crippen LogP contribution in [0, 0.1) is 16.7 Å². The van der Waals surface area contributed by atoms with E-state index in [4.69, 9.17) is 4.74 Å². The molecule has 4 nitrogen and oxygen atoms in total. The molecular formula is C41H56O4. The molecule has 1 heterocycles. The lowest BCUT2D eigenvalue weighted by Crippen LogP contribution is -2.47. The minimum Gasteiger partial charge on any atom is -0.385 e. The van der Waals surface area contributed by atoms with Crippen molar-refractivity contribution in [2.24, 2.45) is 16.7 Å². The molecule has 4 heteroatoms. The summed E-state index contributed by atoms with van der Waals surface area (Å²) in [5.41, 5.74) is 6.08. The summed E-state index contributed by atoms with van der Waals surface area (Å²) in [6.45, 7) is 22.6. The molecule has 3 rings (SSSR count). The fourth-order valence-electron chi connectivity index (χ4n) is 7.75. The number of carbonyl (C=O) groups excluding carboxylic acids is 2. The molecule has 0 spiro atoms. The molecule has 45 heavy (non-hydrogen) atoms. The lowest BCUT2D eigenvalue weighted by molar-refractivity contribution is -0.126. The van der Waals surface area contributed by atoms with Gasteiger partial charge in [0.2, 0.25) is 0 Å². The summed E-state index contributed by atoms with van der Waals surface area (Å²) in [7, 11) is 0. The maximum absolute atomic E-state index is 13.0. The van der Waals surface area contributed by atoms with Crippen molar-refractivity contribution in [2.75, 3.05) is 0 Å². The van der Waals surface area contributed by atoms with E-state index in [1.807, 2.05) is 90.2 Å². The molecule has 4 atom stereocenters. The molecule has 0 aromatic rings. The van der Waals surface area contributed by atoms with Crippen LogP contribution in [-0.4, -0.2) is 33.5 Å². The second kappa shape index (κ2) is 13.8. The highest BCUT2D eigenvalue weighted by Crippen LogP contribution is 2.66. The second-order valence-corrected chi connectivity index (χ2v) is 15.6. The summed E-state index contributed by atoms with van der Waals surface area (Å²) < 4.78 is 6.12. The third-order valence-electron chi connectivity index (χ3n) is 9.85. The molecule has 1 saturated heterocycles. The highest BCUT2D eigenvalue weighted by atomic mass is 16.6. The summed E-state index contributed by atoms with van der Waals surface area (Å²) in [6, 6.07) is 0. The normalized spacial score (nSPS) is 32.3. The van der Waals surface area contributed by atoms with Crippen LogP contribution in [0.2, 0.25) is 0 Å². The van der Waals surface area contributed by atoms with Crippen molar-refractivity contribution in [3.63, 3.8) is 0 Å². The SMILES string of the molecule is C\C(C=C=C1C(C)(C)CC(C)CC1(C)O)=C/C=C/C(C)=C/C=C/C=C(C)/C=C/C=C(\C)C(=O)CC12OC1(C)CC(=O)CC2(C)C. The third kappa shape index (κ3) is 8.82. The summed E-state index contributed by atoms with van der Waals surface area (Å²) in [4.78, 5) is 25.2. The molecule has 1 N–H and O–H groups in total. The number of hydrogen-bond acceptors (Lipinski definition) is 4. The largest absolute Gasteiger partial charge is 0.385 e. The van der Waals surface area contributed by atoms with E-state index in [0.717, 1.165) is 35.1 Å². The number of carbonyl (C=O) groups is 2. The first kappa shape index (κ1) is 36.4. The van der Waals surface area contributed by atoms with Gasteiger partial charge in [0.05, 0.1) is 5.60 Å². The van der Waals surface area contributed by atoms with Crippen LogP contribution >= 0.6 is 0 Å². The lowest BCUT2D eigenvalue weighted by atomic mass is 9.62. The average molecular weight is 613 g/mol. The summed E-state index contributed by atoms with van der Waals surface area (Å²) in [5.74, 6) is 0.773. The quantitative estimate of drug-likeness (QED) is 0.115. The molecule has 0 radical (unpaired) electrons. The fraction of sp³-hybridized carbons (Fsp3) is 0.537. The van der Waals surface area contributed by atoms with E-state index in [1.165, 1.54) is 0 Å². The van der Waals surface area contributed by atoms with Crippen LogP contribution in [-0.2, 0) is 14.3 Å². The van der Waals surface area contributed by atoms with Crippen molar-refractivity contribution in [2.45, 2.75) is 125 Å². The Hall–Kier alpha value is -3.04. The molecule has 4 unspecified atom stereocenters. The molecule has 0 amide bonds. The number of aliphatic hydroxyl groups is 1. The van der Waals surface area contributed by atoms with Gasteiger partial charge in [0.1, 0.15) is 17.0 Å². The van der Waals surface area contributed by atoms with E-state index in [2.05, 4.69) is 58.6 Å². The Kier molecular flexibility index (Phi) is 11.1. The van der Waals surface area contributed by atoms with Crippen LogP contribution in [0.15, 0.2) is 100 Å². The van der Waals surface area contributed by atoms with E-state index in [1.54, 1.807) is 0 Å². The number of fused-ring (bicyclic) bond motifs is 1. The van der Waals surface area contributed by atoms with E-state index in [-0.39, 0.29) is 22.4 Å². The Labute approximate surface area is 272 Å². The molecule has 1 aliphatic heterocycles. The van der Waals surface area contributed by atoms with Gasteiger partial charge in [0.25, 0.3) is 0 Å². The average Bonchev–Trinajstić information content (AvgIpc) is 3.49. The number of allylic oxidation sites excluding steroid dienone is 14. The Morgan fingerprint density at radius 3 is 1.96 bits per heavy atom. The van der Waals surface area contributed by atoms with Crippen molar-refractivity contribution in [1.82, 2.24) is 0 Å². The maximum Gasteiger partial charge on any atom is 0.161 e. The standard InChI is InChI=1S/C41H56O4/c1-29(18-14-19-31(3)22-23-36-37(6,7)24-32(4)25-39(36,10)44)16-12-13-17-30(2)20-15-21-33(5)35(43)28-41-38(8,9)26-34(42)27-40(41,11)45-41/h12-22,32,44H,24-28H2,1-11H3/b13-12+,18-14+,20-15+,29-16+,30-17+,31-19+,33-21+. The number of ketones is 2. The molecule has 3 aliphatic rings. The van der Waals surface area contributed by atoms with E-state index in [9.17, 15) is 14.7 Å². The van der Waals surface area contributed by atoms with Crippen molar-refractivity contribution in [1.29, 1.82) is 0 Å². The number of epoxide rings is 1. The number of Topliss-reactive ketones (excluding diaryl/α,β-unsaturated/α-hetero) is 2. The van der Waals surface area contributed by atoms with Crippen LogP contribution < -0.4 is 0 Å². The Bertz CT molecular complexity index is 1440. The first-order chi connectivity index (χ1) is 20.7. The van der Waals surface area contributed by atoms with Gasteiger partial charge in [-0.1, -0.05) is 107 Å². The molecule has 0 aromatic heterocycles. The number of ether oxygens (including phenoxy) is 1.